The van der Waals surface area contributed by atoms with E-state index in [1.807, 2.05) is 0 Å². The molecule has 0 aromatic heterocycles. The van der Waals surface area contributed by atoms with Gasteiger partial charge in [-0.2, -0.15) is 0 Å². The van der Waals surface area contributed by atoms with Crippen molar-refractivity contribution >= 4 is 5.78 Å². The topological polar surface area (TPSA) is 63.1 Å². The van der Waals surface area contributed by atoms with E-state index in [-0.39, 0.29) is 12.4 Å². The van der Waals surface area contributed by atoms with Crippen LogP contribution in [0, 0.1) is 0 Å². The van der Waals surface area contributed by atoms with Crippen LogP contribution in [-0.4, -0.2) is 36.2 Å². The van der Waals surface area contributed by atoms with E-state index in [2.05, 4.69) is 19.2 Å². The largest absolute Gasteiger partial charge is 0.491 e. The van der Waals surface area contributed by atoms with Crippen LogP contribution >= 0.6 is 0 Å². The number of quaternary nitrogens is 1. The highest BCUT2D eigenvalue weighted by Crippen LogP contribution is 2.12. The van der Waals surface area contributed by atoms with Crippen LogP contribution in [-0.2, 0) is 0 Å². The lowest BCUT2D eigenvalue weighted by Gasteiger charge is -2.14. The summed E-state index contributed by atoms with van der Waals surface area (Å²) in [5.41, 5.74) is 0.666. The highest BCUT2D eigenvalue weighted by molar-refractivity contribution is 5.94. The van der Waals surface area contributed by atoms with Gasteiger partial charge in [0.2, 0.25) is 0 Å². The van der Waals surface area contributed by atoms with Gasteiger partial charge >= 0.3 is 0 Å². The molecule has 20 heavy (non-hydrogen) atoms. The Balaban J connectivity index is 2.30. The maximum absolute atomic E-state index is 11.1. The molecule has 0 bridgehead atoms. The second-order valence-corrected chi connectivity index (χ2v) is 5.28. The van der Waals surface area contributed by atoms with Crippen LogP contribution in [0.5, 0.6) is 5.75 Å². The first kappa shape index (κ1) is 16.7. The van der Waals surface area contributed by atoms with Crippen molar-refractivity contribution in [2.45, 2.75) is 45.8 Å². The lowest BCUT2D eigenvalue weighted by atomic mass is 10.1. The van der Waals surface area contributed by atoms with Gasteiger partial charge in [0.25, 0.3) is 0 Å². The SMILES string of the molecule is CCC[C@@H](C)[NH2+]C[C@@H](O)COc1ccc(C(C)=O)cc1. The lowest BCUT2D eigenvalue weighted by molar-refractivity contribution is -0.692. The molecular weight excluding hydrogens is 254 g/mol. The predicted octanol–water partition coefficient (Wildman–Crippen LogP) is 1.38. The molecule has 0 aliphatic carbocycles. The fraction of sp³-hybridized carbons (Fsp3) is 0.562. The third kappa shape index (κ3) is 6.17. The maximum Gasteiger partial charge on any atom is 0.159 e. The van der Waals surface area contributed by atoms with E-state index < -0.39 is 6.10 Å². The second-order valence-electron chi connectivity index (χ2n) is 5.28. The third-order valence-corrected chi connectivity index (χ3v) is 3.26. The molecule has 0 unspecified atom stereocenters. The van der Waals surface area contributed by atoms with E-state index in [4.69, 9.17) is 4.74 Å². The van der Waals surface area contributed by atoms with Gasteiger partial charge in [-0.15, -0.1) is 0 Å². The van der Waals surface area contributed by atoms with Gasteiger partial charge in [-0.3, -0.25) is 4.79 Å². The molecule has 0 amide bonds. The Hall–Kier alpha value is -1.39. The first-order valence-corrected chi connectivity index (χ1v) is 7.28. The van der Waals surface area contributed by atoms with E-state index in [1.165, 1.54) is 6.92 Å². The van der Waals surface area contributed by atoms with Gasteiger partial charge in [-0.25, -0.2) is 0 Å². The average Bonchev–Trinajstić information content (AvgIpc) is 2.43. The summed E-state index contributed by atoms with van der Waals surface area (Å²) in [5.74, 6) is 0.715. The number of carbonyl (C=O) groups excluding carboxylic acids is 1. The number of aliphatic hydroxyl groups excluding tert-OH is 1. The molecular formula is C16H26NO3+. The molecule has 2 atom stereocenters. The zero-order valence-corrected chi connectivity index (χ0v) is 12.6. The molecule has 0 saturated heterocycles. The quantitative estimate of drug-likeness (QED) is 0.672. The Morgan fingerprint density at radius 1 is 1.35 bits per heavy atom. The summed E-state index contributed by atoms with van der Waals surface area (Å²) in [5, 5.41) is 12.0. The fourth-order valence-corrected chi connectivity index (χ4v) is 2.01. The number of nitrogens with two attached hydrogens (primary N) is 1. The van der Waals surface area contributed by atoms with Crippen LogP contribution in [0.25, 0.3) is 0 Å². The second kappa shape index (κ2) is 8.72. The number of ketones is 1. The van der Waals surface area contributed by atoms with Gasteiger partial charge < -0.3 is 15.2 Å². The molecule has 0 radical (unpaired) electrons. The van der Waals surface area contributed by atoms with Crippen molar-refractivity contribution in [3.8, 4) is 5.75 Å². The first-order valence-electron chi connectivity index (χ1n) is 7.28. The minimum absolute atomic E-state index is 0.0381. The van der Waals surface area contributed by atoms with Crippen LogP contribution in [0.1, 0.15) is 44.0 Å². The van der Waals surface area contributed by atoms with Gasteiger partial charge in [-0.05, 0) is 44.5 Å². The van der Waals surface area contributed by atoms with Crippen molar-refractivity contribution < 1.29 is 20.0 Å². The van der Waals surface area contributed by atoms with Gasteiger partial charge in [-0.1, -0.05) is 13.3 Å². The van der Waals surface area contributed by atoms with Crippen molar-refractivity contribution in [1.82, 2.24) is 0 Å². The normalized spacial score (nSPS) is 13.8. The van der Waals surface area contributed by atoms with Crippen LogP contribution in [0.4, 0.5) is 0 Å². The molecule has 1 aromatic rings. The molecule has 0 spiro atoms. The molecule has 112 valence electrons. The number of rotatable bonds is 9. The van der Waals surface area contributed by atoms with Crippen molar-refractivity contribution in [2.75, 3.05) is 13.2 Å². The molecule has 3 N–H and O–H groups in total. The molecule has 4 heteroatoms. The molecule has 0 saturated carbocycles. The Bertz CT molecular complexity index is 403. The highest BCUT2D eigenvalue weighted by atomic mass is 16.5. The number of benzene rings is 1. The van der Waals surface area contributed by atoms with Gasteiger partial charge in [0, 0.05) is 5.56 Å². The van der Waals surface area contributed by atoms with Gasteiger partial charge in [0.05, 0.1) is 6.04 Å². The smallest absolute Gasteiger partial charge is 0.159 e. The summed E-state index contributed by atoms with van der Waals surface area (Å²) in [6, 6.07) is 7.52. The van der Waals surface area contributed by atoms with Crippen molar-refractivity contribution in [2.24, 2.45) is 0 Å². The Kier molecular flexibility index (Phi) is 7.26. The zero-order chi connectivity index (χ0) is 15.0. The molecule has 0 aliphatic rings. The number of Topliss-reactive ketones (excluding diaryl/α,β-unsaturated/α-hetero) is 1. The van der Waals surface area contributed by atoms with E-state index >= 15 is 0 Å². The summed E-state index contributed by atoms with van der Waals surface area (Å²) >= 11 is 0. The van der Waals surface area contributed by atoms with E-state index in [0.717, 1.165) is 12.8 Å². The minimum Gasteiger partial charge on any atom is -0.491 e. The minimum atomic E-state index is -0.484. The molecule has 0 fully saturated rings. The first-order chi connectivity index (χ1) is 9.52. The number of carbonyl (C=O) groups is 1. The van der Waals surface area contributed by atoms with Crippen LogP contribution in [0.15, 0.2) is 24.3 Å². The van der Waals surface area contributed by atoms with E-state index in [0.29, 0.717) is 23.9 Å². The molecule has 0 heterocycles. The van der Waals surface area contributed by atoms with Crippen molar-refractivity contribution in [1.29, 1.82) is 0 Å². The summed E-state index contributed by atoms with van der Waals surface area (Å²) in [6.07, 6.45) is 1.83. The number of hydrogen-bond acceptors (Lipinski definition) is 3. The maximum atomic E-state index is 11.1. The van der Waals surface area contributed by atoms with Crippen molar-refractivity contribution in [3.63, 3.8) is 0 Å². The van der Waals surface area contributed by atoms with E-state index in [9.17, 15) is 9.90 Å². The average molecular weight is 280 g/mol. The monoisotopic (exact) mass is 280 g/mol. The number of aliphatic hydroxyl groups is 1. The Morgan fingerprint density at radius 3 is 2.55 bits per heavy atom. The molecule has 1 rings (SSSR count). The molecule has 4 nitrogen and oxygen atoms in total. The number of hydrogen-bond donors (Lipinski definition) is 2. The van der Waals surface area contributed by atoms with Gasteiger partial charge in [0.15, 0.2) is 5.78 Å². The summed E-state index contributed by atoms with van der Waals surface area (Å²) in [6.45, 7) is 6.78. The highest BCUT2D eigenvalue weighted by Gasteiger charge is 2.10. The van der Waals surface area contributed by atoms with E-state index in [1.54, 1.807) is 24.3 Å². The van der Waals surface area contributed by atoms with Crippen LogP contribution in [0.2, 0.25) is 0 Å². The van der Waals surface area contributed by atoms with Gasteiger partial charge in [0.1, 0.15) is 25.0 Å². The number of ether oxygens (including phenoxy) is 1. The lowest BCUT2D eigenvalue weighted by Crippen LogP contribution is -2.91. The summed E-state index contributed by atoms with van der Waals surface area (Å²) in [4.78, 5) is 11.1. The van der Waals surface area contributed by atoms with Crippen LogP contribution < -0.4 is 10.1 Å². The standard InChI is InChI=1S/C16H25NO3/c1-4-5-12(2)17-10-15(19)11-20-16-8-6-14(7-9-16)13(3)18/h6-9,12,15,17,19H,4-5,10-11H2,1-3H3/p+1/t12-,15-/m1/s1. The predicted molar refractivity (Wildman–Crippen MR) is 79.1 cm³/mol. The summed E-state index contributed by atoms with van der Waals surface area (Å²) < 4.78 is 5.51. The fourth-order valence-electron chi connectivity index (χ4n) is 2.01. The van der Waals surface area contributed by atoms with Crippen molar-refractivity contribution in [3.05, 3.63) is 29.8 Å². The Labute approximate surface area is 121 Å². The third-order valence-electron chi connectivity index (χ3n) is 3.26. The summed E-state index contributed by atoms with van der Waals surface area (Å²) in [7, 11) is 0. The zero-order valence-electron chi connectivity index (χ0n) is 12.6. The Morgan fingerprint density at radius 2 is 2.00 bits per heavy atom. The van der Waals surface area contributed by atoms with Crippen LogP contribution in [0.3, 0.4) is 0 Å². The molecule has 1 aromatic carbocycles. The molecule has 0 aliphatic heterocycles.